The molecule has 5 nitrogen and oxygen atoms in total. The number of ether oxygens (including phenoxy) is 2. The highest BCUT2D eigenvalue weighted by Gasteiger charge is 2.30. The summed E-state index contributed by atoms with van der Waals surface area (Å²) in [5.41, 5.74) is 1.82. The van der Waals surface area contributed by atoms with E-state index >= 15 is 0 Å². The van der Waals surface area contributed by atoms with Crippen LogP contribution < -0.4 is 4.90 Å². The highest BCUT2D eigenvalue weighted by Crippen LogP contribution is 2.27. The molecule has 24 heavy (non-hydrogen) atoms. The number of carbonyl (C=O) groups is 1. The summed E-state index contributed by atoms with van der Waals surface area (Å²) in [7, 11) is 1.70. The summed E-state index contributed by atoms with van der Waals surface area (Å²) < 4.78 is 11.8. The summed E-state index contributed by atoms with van der Waals surface area (Å²) in [5.74, 6) is 0. The summed E-state index contributed by atoms with van der Waals surface area (Å²) in [5, 5.41) is 0. The van der Waals surface area contributed by atoms with Crippen molar-refractivity contribution in [2.45, 2.75) is 45.9 Å². The van der Waals surface area contributed by atoms with Crippen LogP contribution in [0.25, 0.3) is 0 Å². The van der Waals surface area contributed by atoms with Gasteiger partial charge in [0.2, 0.25) is 0 Å². The lowest BCUT2D eigenvalue weighted by atomic mass is 10.1. The van der Waals surface area contributed by atoms with E-state index in [2.05, 4.69) is 46.0 Å². The van der Waals surface area contributed by atoms with Gasteiger partial charge in [-0.3, -0.25) is 0 Å². The number of anilines is 1. The Morgan fingerprint density at radius 1 is 1.33 bits per heavy atom. The molecule has 0 spiro atoms. The van der Waals surface area contributed by atoms with Crippen LogP contribution >= 0.6 is 15.9 Å². The van der Waals surface area contributed by atoms with Gasteiger partial charge in [0.25, 0.3) is 0 Å². The molecule has 0 radical (unpaired) electrons. The van der Waals surface area contributed by atoms with Crippen LogP contribution in [0.1, 0.15) is 33.3 Å². The van der Waals surface area contributed by atoms with Crippen molar-refractivity contribution < 1.29 is 14.3 Å². The van der Waals surface area contributed by atoms with Crippen molar-refractivity contribution >= 4 is 27.7 Å². The van der Waals surface area contributed by atoms with E-state index in [1.54, 1.807) is 12.0 Å². The number of amides is 1. The van der Waals surface area contributed by atoms with Gasteiger partial charge < -0.3 is 19.3 Å². The predicted octanol–water partition coefficient (Wildman–Crippen LogP) is 4.04. The van der Waals surface area contributed by atoms with Gasteiger partial charge in [0, 0.05) is 42.9 Å². The Balaban J connectivity index is 2.06. The van der Waals surface area contributed by atoms with Crippen LogP contribution in [0.4, 0.5) is 10.5 Å². The minimum absolute atomic E-state index is 0.225. The highest BCUT2D eigenvalue weighted by atomic mass is 79.9. The normalized spacial score (nSPS) is 18.7. The minimum Gasteiger partial charge on any atom is -0.444 e. The third kappa shape index (κ3) is 4.86. The van der Waals surface area contributed by atoms with Crippen LogP contribution in [0.5, 0.6) is 0 Å². The Morgan fingerprint density at radius 3 is 2.62 bits per heavy atom. The number of carbonyl (C=O) groups excluding carboxylic acids is 1. The molecule has 1 aromatic carbocycles. The van der Waals surface area contributed by atoms with Gasteiger partial charge in [-0.1, -0.05) is 15.9 Å². The van der Waals surface area contributed by atoms with Crippen LogP contribution in [0.3, 0.4) is 0 Å². The minimum atomic E-state index is -0.460. The van der Waals surface area contributed by atoms with Gasteiger partial charge in [-0.2, -0.15) is 0 Å². The molecule has 1 saturated heterocycles. The fraction of sp³-hybridized carbons (Fsp3) is 0.611. The van der Waals surface area contributed by atoms with Crippen molar-refractivity contribution in [1.29, 1.82) is 0 Å². The second kappa shape index (κ2) is 7.74. The molecule has 1 aliphatic heterocycles. The van der Waals surface area contributed by atoms with Crippen LogP contribution in [0, 0.1) is 0 Å². The topological polar surface area (TPSA) is 42.0 Å². The molecular formula is C18H27BrN2O3. The first-order valence-corrected chi connectivity index (χ1v) is 9.02. The van der Waals surface area contributed by atoms with Gasteiger partial charge in [0.15, 0.2) is 0 Å². The number of methoxy groups -OCH3 is 1. The molecule has 0 N–H and O–H groups in total. The Kier molecular flexibility index (Phi) is 6.15. The zero-order chi connectivity index (χ0) is 17.9. The lowest BCUT2D eigenvalue weighted by Crippen LogP contribution is -2.54. The molecule has 0 unspecified atom stereocenters. The average molecular weight is 399 g/mol. The Labute approximate surface area is 153 Å². The van der Waals surface area contributed by atoms with E-state index in [9.17, 15) is 4.79 Å². The van der Waals surface area contributed by atoms with Crippen molar-refractivity contribution in [1.82, 2.24) is 4.90 Å². The van der Waals surface area contributed by atoms with Gasteiger partial charge in [0.05, 0.1) is 6.61 Å². The second-order valence-corrected chi connectivity index (χ2v) is 8.03. The standard InChI is InChI=1S/C18H27BrN2O3/c1-13-11-20(17(22)24-18(2,3)4)8-9-21(13)15-6-7-16(19)14(10-15)12-23-5/h6-7,10,13H,8-9,11-12H2,1-5H3/t13-/m1/s1. The first-order chi connectivity index (χ1) is 11.2. The molecule has 0 saturated carbocycles. The fourth-order valence-electron chi connectivity index (χ4n) is 2.84. The van der Waals surface area contributed by atoms with Gasteiger partial charge in [-0.15, -0.1) is 0 Å². The lowest BCUT2D eigenvalue weighted by molar-refractivity contribution is 0.0219. The zero-order valence-corrected chi connectivity index (χ0v) is 16.7. The number of nitrogens with zero attached hydrogens (tertiary/aromatic N) is 2. The summed E-state index contributed by atoms with van der Waals surface area (Å²) in [6.07, 6.45) is -0.232. The Hall–Kier alpha value is -1.27. The van der Waals surface area contributed by atoms with Gasteiger partial charge in [0.1, 0.15) is 5.60 Å². The van der Waals surface area contributed by atoms with E-state index in [4.69, 9.17) is 9.47 Å². The zero-order valence-electron chi connectivity index (χ0n) is 15.1. The molecule has 1 aromatic rings. The summed E-state index contributed by atoms with van der Waals surface area (Å²) in [6, 6.07) is 6.52. The number of hydrogen-bond donors (Lipinski definition) is 0. The number of hydrogen-bond acceptors (Lipinski definition) is 4. The molecule has 1 heterocycles. The third-order valence-corrected chi connectivity index (χ3v) is 4.71. The van der Waals surface area contributed by atoms with Crippen molar-refractivity contribution in [3.63, 3.8) is 0 Å². The van der Waals surface area contributed by atoms with Crippen LogP contribution in [-0.2, 0) is 16.1 Å². The van der Waals surface area contributed by atoms with E-state index in [0.29, 0.717) is 19.7 Å². The summed E-state index contributed by atoms with van der Waals surface area (Å²) >= 11 is 3.56. The van der Waals surface area contributed by atoms with E-state index in [1.807, 2.05) is 20.8 Å². The molecule has 1 fully saturated rings. The largest absolute Gasteiger partial charge is 0.444 e. The van der Waals surface area contributed by atoms with Crippen molar-refractivity contribution in [3.8, 4) is 0 Å². The van der Waals surface area contributed by atoms with Crippen molar-refractivity contribution in [2.75, 3.05) is 31.6 Å². The first-order valence-electron chi connectivity index (χ1n) is 8.23. The van der Waals surface area contributed by atoms with E-state index < -0.39 is 5.60 Å². The smallest absolute Gasteiger partial charge is 0.410 e. The third-order valence-electron chi connectivity index (χ3n) is 3.94. The van der Waals surface area contributed by atoms with Crippen molar-refractivity contribution in [2.24, 2.45) is 0 Å². The van der Waals surface area contributed by atoms with Crippen LogP contribution in [0.15, 0.2) is 22.7 Å². The molecule has 134 valence electrons. The molecule has 6 heteroatoms. The van der Waals surface area contributed by atoms with Gasteiger partial charge >= 0.3 is 6.09 Å². The van der Waals surface area contributed by atoms with Crippen LogP contribution in [0.2, 0.25) is 0 Å². The maximum atomic E-state index is 12.2. The number of piperazine rings is 1. The van der Waals surface area contributed by atoms with Gasteiger partial charge in [-0.25, -0.2) is 4.79 Å². The second-order valence-electron chi connectivity index (χ2n) is 7.18. The van der Waals surface area contributed by atoms with Gasteiger partial charge in [-0.05, 0) is 51.5 Å². The molecular weight excluding hydrogens is 372 g/mol. The maximum Gasteiger partial charge on any atom is 0.410 e. The maximum absolute atomic E-state index is 12.2. The molecule has 2 rings (SSSR count). The monoisotopic (exact) mass is 398 g/mol. The molecule has 0 aliphatic carbocycles. The number of rotatable bonds is 3. The van der Waals surface area contributed by atoms with Crippen LogP contribution in [-0.4, -0.2) is 49.4 Å². The predicted molar refractivity (Wildman–Crippen MR) is 99.5 cm³/mol. The number of benzene rings is 1. The first kappa shape index (κ1) is 19.1. The van der Waals surface area contributed by atoms with Crippen molar-refractivity contribution in [3.05, 3.63) is 28.2 Å². The van der Waals surface area contributed by atoms with E-state index in [0.717, 1.165) is 22.3 Å². The Morgan fingerprint density at radius 2 is 2.04 bits per heavy atom. The molecule has 1 amide bonds. The molecule has 1 atom stereocenters. The summed E-state index contributed by atoms with van der Waals surface area (Å²) in [4.78, 5) is 16.4. The quantitative estimate of drug-likeness (QED) is 0.770. The summed E-state index contributed by atoms with van der Waals surface area (Å²) in [6.45, 7) is 10.5. The average Bonchev–Trinajstić information content (AvgIpc) is 2.48. The van der Waals surface area contributed by atoms with E-state index in [-0.39, 0.29) is 12.1 Å². The number of halogens is 1. The molecule has 0 bridgehead atoms. The fourth-order valence-corrected chi connectivity index (χ4v) is 3.20. The van der Waals surface area contributed by atoms with E-state index in [1.165, 1.54) is 0 Å². The Bertz CT molecular complexity index is 586. The molecule has 1 aliphatic rings. The lowest BCUT2D eigenvalue weighted by Gasteiger charge is -2.41. The molecule has 0 aromatic heterocycles. The highest BCUT2D eigenvalue weighted by molar-refractivity contribution is 9.10. The SMILES string of the molecule is COCc1cc(N2CCN(C(=O)OC(C)(C)C)C[C@H]2C)ccc1Br.